The van der Waals surface area contributed by atoms with Crippen LogP contribution in [0.2, 0.25) is 0 Å². The van der Waals surface area contributed by atoms with Crippen molar-refractivity contribution in [2.24, 2.45) is 17.8 Å². The number of nitrogens with zero attached hydrogens (tertiary/aromatic N) is 6. The van der Waals surface area contributed by atoms with E-state index in [2.05, 4.69) is 35.7 Å². The van der Waals surface area contributed by atoms with Crippen LogP contribution in [-0.2, 0) is 4.79 Å². The van der Waals surface area contributed by atoms with E-state index in [-0.39, 0.29) is 55.9 Å². The predicted molar refractivity (Wildman–Crippen MR) is 137 cm³/mol. The second-order valence-corrected chi connectivity index (χ2v) is 11.8. The monoisotopic (exact) mass is 608 g/mol. The lowest BCUT2D eigenvalue weighted by molar-refractivity contribution is -0.391. The van der Waals surface area contributed by atoms with Gasteiger partial charge in [-0.3, -0.25) is 9.59 Å². The molecule has 230 valence electrons. The first kappa shape index (κ1) is 28.9. The van der Waals surface area contributed by atoms with Gasteiger partial charge in [0.1, 0.15) is 0 Å². The van der Waals surface area contributed by atoms with E-state index in [1.165, 1.54) is 10.7 Å². The van der Waals surface area contributed by atoms with Gasteiger partial charge in [0.25, 0.3) is 11.6 Å². The molecule has 2 atom stereocenters. The fourth-order valence-electron chi connectivity index (χ4n) is 6.04. The van der Waals surface area contributed by atoms with E-state index in [1.54, 1.807) is 12.3 Å². The molecule has 0 saturated heterocycles. The maximum absolute atomic E-state index is 14.0. The minimum atomic E-state index is -2.84. The van der Waals surface area contributed by atoms with Crippen LogP contribution in [0, 0.1) is 27.9 Å². The average molecular weight is 609 g/mol. The van der Waals surface area contributed by atoms with Gasteiger partial charge >= 0.3 is 5.82 Å². The molecule has 0 radical (unpaired) electrons. The summed E-state index contributed by atoms with van der Waals surface area (Å²) in [7, 11) is 0. The summed E-state index contributed by atoms with van der Waals surface area (Å²) in [6.07, 6.45) is 3.61. The molecule has 2 N–H and O–H groups in total. The number of fused-ring (bicyclic) bond motifs is 1. The molecule has 0 spiro atoms. The van der Waals surface area contributed by atoms with Gasteiger partial charge in [-0.1, -0.05) is 0 Å². The number of nitro groups is 1. The summed E-state index contributed by atoms with van der Waals surface area (Å²) < 4.78 is 60.2. The smallest absolute Gasteiger partial charge is 0.358 e. The number of hydrogen-bond donors (Lipinski definition) is 2. The summed E-state index contributed by atoms with van der Waals surface area (Å²) in [5.41, 5.74) is 0.668. The van der Waals surface area contributed by atoms with E-state index in [1.807, 2.05) is 0 Å². The van der Waals surface area contributed by atoms with Crippen molar-refractivity contribution < 1.29 is 36.7 Å². The van der Waals surface area contributed by atoms with Gasteiger partial charge in [-0.05, 0) is 65.1 Å². The molecule has 2 amide bonds. The second-order valence-electron chi connectivity index (χ2n) is 11.8. The molecule has 0 bridgehead atoms. The third-order valence-corrected chi connectivity index (χ3v) is 8.48. The number of imidazole rings is 1. The van der Waals surface area contributed by atoms with Gasteiger partial charge in [-0.25, -0.2) is 27.1 Å². The second kappa shape index (κ2) is 10.8. The van der Waals surface area contributed by atoms with Gasteiger partial charge in [0.2, 0.25) is 17.8 Å². The lowest BCUT2D eigenvalue weighted by Crippen LogP contribution is -2.39. The average Bonchev–Trinajstić information content (AvgIpc) is 3.47. The topological polar surface area (TPSA) is 170 Å². The number of rotatable bonds is 10. The first-order chi connectivity index (χ1) is 20.4. The van der Waals surface area contributed by atoms with Crippen molar-refractivity contribution in [3.8, 4) is 0 Å². The molecule has 6 rings (SSSR count). The highest BCUT2D eigenvalue weighted by Crippen LogP contribution is 2.45. The highest BCUT2D eigenvalue weighted by Gasteiger charge is 2.46. The highest BCUT2D eigenvalue weighted by atomic mass is 19.3. The van der Waals surface area contributed by atoms with Gasteiger partial charge in [-0.2, -0.15) is 5.10 Å². The van der Waals surface area contributed by atoms with E-state index in [9.17, 15) is 37.3 Å². The highest BCUT2D eigenvalue weighted by molar-refractivity contribution is 5.95. The van der Waals surface area contributed by atoms with Gasteiger partial charge in [0, 0.05) is 32.1 Å². The summed E-state index contributed by atoms with van der Waals surface area (Å²) in [4.78, 5) is 40.6. The molecule has 3 aliphatic rings. The Morgan fingerprint density at radius 3 is 2.40 bits per heavy atom. The van der Waals surface area contributed by atoms with Crippen LogP contribution in [0.4, 0.5) is 23.4 Å². The number of carbonyl (C=O) groups is 2. The largest absolute Gasteiger partial charge is 0.447 e. The maximum atomic E-state index is 14.0. The molecule has 0 aromatic carbocycles. The van der Waals surface area contributed by atoms with Crippen molar-refractivity contribution in [2.45, 2.75) is 81.7 Å². The lowest BCUT2D eigenvalue weighted by Gasteiger charge is -2.34. The van der Waals surface area contributed by atoms with E-state index in [0.717, 1.165) is 12.8 Å². The molecule has 0 aliphatic heterocycles. The molecular weight excluding hydrogens is 580 g/mol. The zero-order valence-corrected chi connectivity index (χ0v) is 22.7. The van der Waals surface area contributed by atoms with Crippen LogP contribution < -0.4 is 10.6 Å². The van der Waals surface area contributed by atoms with Crippen LogP contribution in [0.25, 0.3) is 5.65 Å². The van der Waals surface area contributed by atoms with Crippen LogP contribution >= 0.6 is 0 Å². The SMILES string of the molecule is O=C(CC1CC(F)(F)C1)NC(c1cnn2cc([C@@H](NC(=O)c3nonc3[N+](=O)[O-])C3CCC(F)(F)CC3)nc2c1)C1CC1. The Morgan fingerprint density at radius 2 is 1.74 bits per heavy atom. The number of halogens is 4. The number of nitrogens with one attached hydrogen (secondary N) is 2. The predicted octanol–water partition coefficient (Wildman–Crippen LogP) is 4.32. The minimum absolute atomic E-state index is 0.0169. The molecule has 3 aromatic rings. The normalized spacial score (nSPS) is 21.6. The first-order valence-corrected chi connectivity index (χ1v) is 14.1. The van der Waals surface area contributed by atoms with Gasteiger partial charge in [0.05, 0.1) is 30.2 Å². The summed E-state index contributed by atoms with van der Waals surface area (Å²) in [6, 6.07) is 0.420. The van der Waals surface area contributed by atoms with Crippen molar-refractivity contribution in [1.82, 2.24) is 35.5 Å². The number of aromatic nitrogens is 5. The molecule has 3 saturated carbocycles. The number of hydrogen-bond acceptors (Lipinski definition) is 9. The Morgan fingerprint density at radius 1 is 1.05 bits per heavy atom. The standard InChI is InChI=1S/C26H28F4N8O5/c27-25(28)5-3-15(4-6-25)21(34-24(40)22-23(38(41)42)36-43-35-22)17-12-37-18(32-17)8-16(11-31-37)20(14-1-2-14)33-19(39)7-13-9-26(29,30)10-13/h8,11-15,20-21H,1-7,9-10H2,(H,33,39)(H,34,40)/t20?,21-/m0/s1. The van der Waals surface area contributed by atoms with Crippen molar-refractivity contribution >= 4 is 23.3 Å². The molecule has 3 heterocycles. The summed E-state index contributed by atoms with van der Waals surface area (Å²) in [5, 5.41) is 27.7. The molecule has 3 aliphatic carbocycles. The third-order valence-electron chi connectivity index (χ3n) is 8.48. The third kappa shape index (κ3) is 6.29. The van der Waals surface area contributed by atoms with Crippen molar-refractivity contribution in [2.75, 3.05) is 0 Å². The molecular formula is C26H28F4N8O5. The Balaban J connectivity index is 1.24. The van der Waals surface area contributed by atoms with Crippen LogP contribution in [0.1, 0.15) is 91.6 Å². The van der Waals surface area contributed by atoms with E-state index >= 15 is 0 Å². The Labute approximate surface area is 240 Å². The maximum Gasteiger partial charge on any atom is 0.447 e. The van der Waals surface area contributed by atoms with Gasteiger partial charge < -0.3 is 20.7 Å². The van der Waals surface area contributed by atoms with E-state index in [4.69, 9.17) is 0 Å². The van der Waals surface area contributed by atoms with Crippen LogP contribution in [0.15, 0.2) is 23.1 Å². The van der Waals surface area contributed by atoms with Crippen molar-refractivity contribution in [3.63, 3.8) is 0 Å². The Bertz CT molecular complexity index is 1540. The molecule has 3 aromatic heterocycles. The number of amides is 2. The number of carbonyl (C=O) groups excluding carboxylic acids is 2. The number of alkyl halides is 4. The minimum Gasteiger partial charge on any atom is -0.358 e. The first-order valence-electron chi connectivity index (χ1n) is 14.1. The summed E-state index contributed by atoms with van der Waals surface area (Å²) in [6.45, 7) is 0. The quantitative estimate of drug-likeness (QED) is 0.193. The van der Waals surface area contributed by atoms with Crippen molar-refractivity contribution in [3.05, 3.63) is 45.5 Å². The van der Waals surface area contributed by atoms with E-state index in [0.29, 0.717) is 16.9 Å². The van der Waals surface area contributed by atoms with Crippen LogP contribution in [-0.4, -0.2) is 53.5 Å². The fraction of sp³-hybridized carbons (Fsp3) is 0.615. The lowest BCUT2D eigenvalue weighted by atomic mass is 9.79. The zero-order chi connectivity index (χ0) is 30.5. The molecule has 17 heteroatoms. The summed E-state index contributed by atoms with van der Waals surface area (Å²) >= 11 is 0. The van der Waals surface area contributed by atoms with Crippen LogP contribution in [0.5, 0.6) is 0 Å². The Hall–Kier alpha value is -4.18. The molecule has 43 heavy (non-hydrogen) atoms. The fourth-order valence-corrected chi connectivity index (χ4v) is 6.04. The Kier molecular flexibility index (Phi) is 7.28. The van der Waals surface area contributed by atoms with Crippen LogP contribution in [0.3, 0.4) is 0 Å². The molecule has 1 unspecified atom stereocenters. The van der Waals surface area contributed by atoms with E-state index < -0.39 is 59.0 Å². The van der Waals surface area contributed by atoms with Crippen molar-refractivity contribution in [1.29, 1.82) is 0 Å². The zero-order valence-electron chi connectivity index (χ0n) is 22.7. The summed E-state index contributed by atoms with van der Waals surface area (Å²) in [5.74, 6) is -8.37. The van der Waals surface area contributed by atoms with Gasteiger partial charge in [0.15, 0.2) is 10.8 Å². The molecule has 13 nitrogen and oxygen atoms in total. The molecule has 3 fully saturated rings. The van der Waals surface area contributed by atoms with Gasteiger partial charge in [-0.15, -0.1) is 4.63 Å².